The molecule has 108 valence electrons. The lowest BCUT2D eigenvalue weighted by Gasteiger charge is -2.31. The Balaban J connectivity index is 1.96. The Kier molecular flexibility index (Phi) is 2.51. The number of carbonyl (C=O) groups is 1. The highest BCUT2D eigenvalue weighted by Crippen LogP contribution is 2.46. The number of methoxy groups -OCH3 is 2. The van der Waals surface area contributed by atoms with Gasteiger partial charge < -0.3 is 18.9 Å². The maximum atomic E-state index is 12.8. The summed E-state index contributed by atoms with van der Waals surface area (Å²) in [6, 6.07) is 7.94. The van der Waals surface area contributed by atoms with E-state index in [0.29, 0.717) is 23.6 Å². The molecule has 2 aromatic rings. The third-order valence-corrected chi connectivity index (χ3v) is 4.39. The number of fused-ring (bicyclic) bond motifs is 5. The number of ether oxygens (including phenoxy) is 2. The van der Waals surface area contributed by atoms with E-state index in [1.807, 2.05) is 23.1 Å². The number of carbonyl (C=O) groups excluding carboxylic acids is 1. The normalized spacial score (nSPS) is 19.0. The molecule has 0 radical (unpaired) electrons. The number of rotatable bonds is 2. The Morgan fingerprint density at radius 2 is 2.00 bits per heavy atom. The van der Waals surface area contributed by atoms with Crippen LogP contribution in [0.4, 0.5) is 0 Å². The second-order valence-electron chi connectivity index (χ2n) is 5.29. The number of aromatic nitrogens is 1. The Hall–Kier alpha value is -2.43. The van der Waals surface area contributed by atoms with Crippen molar-refractivity contribution in [2.24, 2.45) is 0 Å². The third kappa shape index (κ3) is 1.48. The molecule has 0 saturated heterocycles. The molecule has 1 amide bonds. The second kappa shape index (κ2) is 4.28. The van der Waals surface area contributed by atoms with E-state index >= 15 is 0 Å². The van der Waals surface area contributed by atoms with Gasteiger partial charge in [0.1, 0.15) is 0 Å². The van der Waals surface area contributed by atoms with Crippen LogP contribution in [0.25, 0.3) is 0 Å². The lowest BCUT2D eigenvalue weighted by Crippen LogP contribution is -2.37. The molecule has 21 heavy (non-hydrogen) atoms. The summed E-state index contributed by atoms with van der Waals surface area (Å²) in [7, 11) is 3.16. The van der Waals surface area contributed by atoms with Crippen LogP contribution in [0, 0.1) is 0 Å². The molecule has 2 aliphatic heterocycles. The van der Waals surface area contributed by atoms with Gasteiger partial charge in [-0.05, 0) is 23.8 Å². The van der Waals surface area contributed by atoms with Gasteiger partial charge in [0, 0.05) is 25.0 Å². The van der Waals surface area contributed by atoms with E-state index in [9.17, 15) is 4.79 Å². The van der Waals surface area contributed by atoms with Gasteiger partial charge in [-0.1, -0.05) is 6.07 Å². The van der Waals surface area contributed by atoms with Crippen molar-refractivity contribution in [3.8, 4) is 11.5 Å². The molecular formula is C16H16N2O3. The highest BCUT2D eigenvalue weighted by atomic mass is 16.5. The van der Waals surface area contributed by atoms with Crippen molar-refractivity contribution in [1.82, 2.24) is 9.47 Å². The summed E-state index contributed by atoms with van der Waals surface area (Å²) in [5, 5.41) is 0. The van der Waals surface area contributed by atoms with Crippen molar-refractivity contribution < 1.29 is 14.3 Å². The highest BCUT2D eigenvalue weighted by Gasteiger charge is 2.43. The summed E-state index contributed by atoms with van der Waals surface area (Å²) in [6.07, 6.45) is 2.07. The van der Waals surface area contributed by atoms with Crippen molar-refractivity contribution in [1.29, 1.82) is 0 Å². The fraction of sp³-hybridized carbons (Fsp3) is 0.312. The summed E-state index contributed by atoms with van der Waals surface area (Å²) < 4.78 is 13.0. The van der Waals surface area contributed by atoms with Gasteiger partial charge in [-0.25, -0.2) is 0 Å². The summed E-state index contributed by atoms with van der Waals surface area (Å²) in [4.78, 5) is 14.7. The van der Waals surface area contributed by atoms with E-state index in [1.54, 1.807) is 14.2 Å². The Morgan fingerprint density at radius 1 is 1.14 bits per heavy atom. The van der Waals surface area contributed by atoms with E-state index in [4.69, 9.17) is 9.47 Å². The maximum Gasteiger partial charge on any atom is 0.259 e. The van der Waals surface area contributed by atoms with E-state index in [0.717, 1.165) is 17.8 Å². The highest BCUT2D eigenvalue weighted by molar-refractivity contribution is 6.03. The standard InChI is InChI=1S/C16H16N2O3/c1-20-12-6-5-10-13(15(12)21-2)16(19)18-9-8-17-7-3-4-11(17)14(10)18/h3-7,14H,8-9H2,1-2H3. The Bertz CT molecular complexity index is 735. The van der Waals surface area contributed by atoms with Gasteiger partial charge in [0.05, 0.1) is 25.8 Å². The van der Waals surface area contributed by atoms with Crippen LogP contribution < -0.4 is 9.47 Å². The molecule has 3 heterocycles. The van der Waals surface area contributed by atoms with Gasteiger partial charge in [-0.2, -0.15) is 0 Å². The number of hydrogen-bond donors (Lipinski definition) is 0. The molecule has 1 unspecified atom stereocenters. The Morgan fingerprint density at radius 3 is 2.76 bits per heavy atom. The molecule has 4 rings (SSSR count). The summed E-state index contributed by atoms with van der Waals surface area (Å²) in [6.45, 7) is 1.54. The number of nitrogens with zero attached hydrogens (tertiary/aromatic N) is 2. The van der Waals surface area contributed by atoms with Crippen molar-refractivity contribution in [3.05, 3.63) is 47.3 Å². The van der Waals surface area contributed by atoms with Gasteiger partial charge in [0.15, 0.2) is 11.5 Å². The molecular weight excluding hydrogens is 268 g/mol. The second-order valence-corrected chi connectivity index (χ2v) is 5.29. The van der Waals surface area contributed by atoms with Crippen molar-refractivity contribution in [2.45, 2.75) is 12.6 Å². The first-order valence-electron chi connectivity index (χ1n) is 6.97. The lowest BCUT2D eigenvalue weighted by molar-refractivity contribution is 0.0711. The number of hydrogen-bond acceptors (Lipinski definition) is 3. The largest absolute Gasteiger partial charge is 0.493 e. The zero-order chi connectivity index (χ0) is 14.6. The average molecular weight is 284 g/mol. The van der Waals surface area contributed by atoms with Crippen molar-refractivity contribution >= 4 is 5.91 Å². The molecule has 0 bridgehead atoms. The van der Waals surface area contributed by atoms with E-state index in [-0.39, 0.29) is 11.9 Å². The predicted octanol–water partition coefficient (Wildman–Crippen LogP) is 2.06. The smallest absolute Gasteiger partial charge is 0.259 e. The van der Waals surface area contributed by atoms with Crippen LogP contribution in [0.15, 0.2) is 30.5 Å². The molecule has 1 aromatic heterocycles. The Labute approximate surface area is 122 Å². The topological polar surface area (TPSA) is 43.7 Å². The van der Waals surface area contributed by atoms with Crippen LogP contribution in [-0.4, -0.2) is 36.1 Å². The molecule has 0 fully saturated rings. The number of benzene rings is 1. The lowest BCUT2D eigenvalue weighted by atomic mass is 10.00. The summed E-state index contributed by atoms with van der Waals surface area (Å²) in [5.41, 5.74) is 2.79. The van der Waals surface area contributed by atoms with Crippen LogP contribution in [-0.2, 0) is 6.54 Å². The molecule has 5 heteroatoms. The van der Waals surface area contributed by atoms with E-state index in [1.165, 1.54) is 0 Å². The first-order chi connectivity index (χ1) is 10.3. The molecule has 1 atom stereocenters. The summed E-state index contributed by atoms with van der Waals surface area (Å²) in [5.74, 6) is 1.16. The quantitative estimate of drug-likeness (QED) is 0.848. The molecule has 1 aromatic carbocycles. The van der Waals surface area contributed by atoms with Crippen LogP contribution in [0.2, 0.25) is 0 Å². The van der Waals surface area contributed by atoms with Gasteiger partial charge in [0.2, 0.25) is 0 Å². The number of amides is 1. The summed E-state index contributed by atoms with van der Waals surface area (Å²) >= 11 is 0. The van der Waals surface area contributed by atoms with Crippen LogP contribution in [0.1, 0.15) is 27.7 Å². The van der Waals surface area contributed by atoms with Gasteiger partial charge in [-0.15, -0.1) is 0 Å². The van der Waals surface area contributed by atoms with Crippen LogP contribution >= 0.6 is 0 Å². The maximum absolute atomic E-state index is 12.8. The predicted molar refractivity (Wildman–Crippen MR) is 76.9 cm³/mol. The van der Waals surface area contributed by atoms with Crippen molar-refractivity contribution in [2.75, 3.05) is 20.8 Å². The SMILES string of the molecule is COc1ccc2c(c1OC)C(=O)N1CCn3cccc3C21. The van der Waals surface area contributed by atoms with E-state index in [2.05, 4.69) is 16.8 Å². The monoisotopic (exact) mass is 284 g/mol. The van der Waals surface area contributed by atoms with Gasteiger partial charge in [-0.3, -0.25) is 4.79 Å². The van der Waals surface area contributed by atoms with Crippen molar-refractivity contribution in [3.63, 3.8) is 0 Å². The van der Waals surface area contributed by atoms with Gasteiger partial charge >= 0.3 is 0 Å². The first kappa shape index (κ1) is 12.3. The zero-order valence-corrected chi connectivity index (χ0v) is 12.0. The molecule has 5 nitrogen and oxygen atoms in total. The molecule has 2 aliphatic rings. The molecule has 0 spiro atoms. The molecule has 0 aliphatic carbocycles. The molecule has 0 saturated carbocycles. The van der Waals surface area contributed by atoms with Crippen LogP contribution in [0.3, 0.4) is 0 Å². The fourth-order valence-corrected chi connectivity index (χ4v) is 3.46. The average Bonchev–Trinajstić information content (AvgIpc) is 3.09. The minimum atomic E-state index is -0.0175. The third-order valence-electron chi connectivity index (χ3n) is 4.39. The molecule has 0 N–H and O–H groups in total. The van der Waals surface area contributed by atoms with Crippen LogP contribution in [0.5, 0.6) is 11.5 Å². The zero-order valence-electron chi connectivity index (χ0n) is 12.0. The minimum Gasteiger partial charge on any atom is -0.493 e. The van der Waals surface area contributed by atoms with Gasteiger partial charge in [0.25, 0.3) is 5.91 Å². The van der Waals surface area contributed by atoms with E-state index < -0.39 is 0 Å². The fourth-order valence-electron chi connectivity index (χ4n) is 3.46. The minimum absolute atomic E-state index is 0.0175. The first-order valence-corrected chi connectivity index (χ1v) is 6.97.